The molecule has 90 valence electrons. The van der Waals surface area contributed by atoms with E-state index < -0.39 is 0 Å². The van der Waals surface area contributed by atoms with Crippen molar-refractivity contribution in [2.45, 2.75) is 19.8 Å². The maximum atomic E-state index is 8.99. The summed E-state index contributed by atoms with van der Waals surface area (Å²) in [5.41, 5.74) is 1.76. The Labute approximate surface area is 102 Å². The highest BCUT2D eigenvalue weighted by molar-refractivity contribution is 5.55. The Balaban J connectivity index is 2.00. The number of rotatable bonds is 3. The first-order valence-corrected chi connectivity index (χ1v) is 6.02. The molecule has 1 aromatic rings. The van der Waals surface area contributed by atoms with Crippen LogP contribution in [-0.2, 0) is 0 Å². The van der Waals surface area contributed by atoms with E-state index in [-0.39, 0.29) is 5.41 Å². The van der Waals surface area contributed by atoms with Gasteiger partial charge in [-0.2, -0.15) is 5.26 Å². The lowest BCUT2D eigenvalue weighted by Gasteiger charge is -2.34. The van der Waals surface area contributed by atoms with E-state index in [2.05, 4.69) is 28.6 Å². The van der Waals surface area contributed by atoms with Crippen LogP contribution < -0.4 is 10.6 Å². The number of aromatic nitrogens is 1. The van der Waals surface area contributed by atoms with E-state index in [9.17, 15) is 0 Å². The molecule has 2 N–H and O–H groups in total. The summed E-state index contributed by atoms with van der Waals surface area (Å²) >= 11 is 0. The summed E-state index contributed by atoms with van der Waals surface area (Å²) in [6.45, 7) is 5.29. The number of hydrogen-bond donors (Lipinski definition) is 2. The molecule has 17 heavy (non-hydrogen) atoms. The molecule has 2 rings (SSSR count). The predicted octanol–water partition coefficient (Wildman–Crippen LogP) is 1.75. The van der Waals surface area contributed by atoms with Crippen LogP contribution in [0.3, 0.4) is 0 Å². The van der Waals surface area contributed by atoms with Gasteiger partial charge in [0.25, 0.3) is 0 Å². The van der Waals surface area contributed by atoms with Crippen molar-refractivity contribution in [1.82, 2.24) is 10.3 Å². The van der Waals surface area contributed by atoms with Crippen molar-refractivity contribution in [2.75, 3.05) is 25.0 Å². The normalized spacial score (nSPS) is 24.0. The fraction of sp³-hybridized carbons (Fsp3) is 0.538. The zero-order chi connectivity index (χ0) is 12.1. The fourth-order valence-corrected chi connectivity index (χ4v) is 2.21. The predicted molar refractivity (Wildman–Crippen MR) is 67.7 cm³/mol. The lowest BCUT2D eigenvalue weighted by Crippen LogP contribution is -2.42. The van der Waals surface area contributed by atoms with Crippen LogP contribution in [0.1, 0.15) is 25.3 Å². The van der Waals surface area contributed by atoms with Crippen LogP contribution in [0.15, 0.2) is 18.5 Å². The Morgan fingerprint density at radius 1 is 1.65 bits per heavy atom. The number of nitriles is 1. The molecule has 0 saturated carbocycles. The molecule has 4 nitrogen and oxygen atoms in total. The van der Waals surface area contributed by atoms with Crippen LogP contribution in [-0.4, -0.2) is 24.6 Å². The minimum Gasteiger partial charge on any atom is -0.382 e. The minimum atomic E-state index is 0.265. The van der Waals surface area contributed by atoms with Crippen molar-refractivity contribution in [2.24, 2.45) is 5.41 Å². The highest BCUT2D eigenvalue weighted by Crippen LogP contribution is 2.26. The van der Waals surface area contributed by atoms with Crippen molar-refractivity contribution in [3.63, 3.8) is 0 Å². The number of piperidine rings is 1. The second-order valence-electron chi connectivity index (χ2n) is 4.98. The molecule has 1 aliphatic rings. The largest absolute Gasteiger partial charge is 0.382 e. The summed E-state index contributed by atoms with van der Waals surface area (Å²) in [5, 5.41) is 15.8. The fourth-order valence-electron chi connectivity index (χ4n) is 2.21. The average Bonchev–Trinajstić information content (AvgIpc) is 2.38. The molecule has 1 fully saturated rings. The SMILES string of the molecule is CC1(CNc2cnccc2C#N)CCCNC1. The smallest absolute Gasteiger partial charge is 0.101 e. The third kappa shape index (κ3) is 2.95. The maximum absolute atomic E-state index is 8.99. The van der Waals surface area contributed by atoms with E-state index in [4.69, 9.17) is 5.26 Å². The molecule has 1 unspecified atom stereocenters. The molecular weight excluding hydrogens is 212 g/mol. The summed E-state index contributed by atoms with van der Waals surface area (Å²) in [7, 11) is 0. The van der Waals surface area contributed by atoms with E-state index in [1.54, 1.807) is 18.5 Å². The van der Waals surface area contributed by atoms with Gasteiger partial charge in [-0.25, -0.2) is 0 Å². The van der Waals surface area contributed by atoms with Gasteiger partial charge >= 0.3 is 0 Å². The first-order chi connectivity index (χ1) is 8.23. The Bertz CT molecular complexity index is 416. The van der Waals surface area contributed by atoms with Crippen LogP contribution in [0.5, 0.6) is 0 Å². The highest BCUT2D eigenvalue weighted by Gasteiger charge is 2.26. The average molecular weight is 230 g/mol. The monoisotopic (exact) mass is 230 g/mol. The van der Waals surface area contributed by atoms with E-state index in [1.165, 1.54) is 12.8 Å². The molecule has 0 bridgehead atoms. The Kier molecular flexibility index (Phi) is 3.60. The lowest BCUT2D eigenvalue weighted by atomic mass is 9.83. The molecule has 1 aromatic heterocycles. The molecule has 1 saturated heterocycles. The third-order valence-corrected chi connectivity index (χ3v) is 3.33. The van der Waals surface area contributed by atoms with E-state index in [0.29, 0.717) is 5.56 Å². The first-order valence-electron chi connectivity index (χ1n) is 6.02. The topological polar surface area (TPSA) is 60.7 Å². The molecule has 0 spiro atoms. The quantitative estimate of drug-likeness (QED) is 0.830. The Morgan fingerprint density at radius 3 is 3.24 bits per heavy atom. The van der Waals surface area contributed by atoms with E-state index >= 15 is 0 Å². The van der Waals surface area contributed by atoms with Gasteiger partial charge in [-0.1, -0.05) is 6.92 Å². The van der Waals surface area contributed by atoms with E-state index in [1.807, 2.05) is 0 Å². The van der Waals surface area contributed by atoms with Gasteiger partial charge in [0, 0.05) is 19.3 Å². The van der Waals surface area contributed by atoms with Crippen molar-refractivity contribution < 1.29 is 0 Å². The minimum absolute atomic E-state index is 0.265. The molecule has 0 radical (unpaired) electrons. The summed E-state index contributed by atoms with van der Waals surface area (Å²) in [6, 6.07) is 3.92. The number of hydrogen-bond acceptors (Lipinski definition) is 4. The second-order valence-corrected chi connectivity index (χ2v) is 4.98. The third-order valence-electron chi connectivity index (χ3n) is 3.33. The van der Waals surface area contributed by atoms with Crippen LogP contribution in [0, 0.1) is 16.7 Å². The van der Waals surface area contributed by atoms with Gasteiger partial charge in [-0.3, -0.25) is 4.98 Å². The second kappa shape index (κ2) is 5.15. The molecule has 0 aromatic carbocycles. The molecule has 1 atom stereocenters. The van der Waals surface area contributed by atoms with Gasteiger partial charge in [-0.15, -0.1) is 0 Å². The van der Waals surface area contributed by atoms with Crippen LogP contribution in [0.2, 0.25) is 0 Å². The van der Waals surface area contributed by atoms with Gasteiger partial charge in [0.15, 0.2) is 0 Å². The Morgan fingerprint density at radius 2 is 2.53 bits per heavy atom. The zero-order valence-corrected chi connectivity index (χ0v) is 10.2. The summed E-state index contributed by atoms with van der Waals surface area (Å²) in [6.07, 6.45) is 5.80. The standard InChI is InChI=1S/C13H18N4/c1-13(4-2-5-16-9-13)10-17-12-8-15-6-3-11(12)7-14/h3,6,8,16-17H,2,4-5,9-10H2,1H3. The molecule has 0 aliphatic carbocycles. The number of nitrogens with zero attached hydrogens (tertiary/aromatic N) is 2. The van der Waals surface area contributed by atoms with Crippen molar-refractivity contribution in [3.8, 4) is 6.07 Å². The number of nitrogens with one attached hydrogen (secondary N) is 2. The zero-order valence-electron chi connectivity index (χ0n) is 10.2. The molecule has 2 heterocycles. The van der Waals surface area contributed by atoms with Crippen LogP contribution >= 0.6 is 0 Å². The van der Waals surface area contributed by atoms with Gasteiger partial charge in [-0.05, 0) is 30.9 Å². The first kappa shape index (κ1) is 11.9. The van der Waals surface area contributed by atoms with Crippen LogP contribution in [0.4, 0.5) is 5.69 Å². The van der Waals surface area contributed by atoms with Gasteiger partial charge < -0.3 is 10.6 Å². The molecule has 0 amide bonds. The Hall–Kier alpha value is -1.60. The number of anilines is 1. The van der Waals surface area contributed by atoms with Crippen molar-refractivity contribution >= 4 is 5.69 Å². The lowest BCUT2D eigenvalue weighted by molar-refractivity contribution is 0.253. The van der Waals surface area contributed by atoms with Crippen LogP contribution in [0.25, 0.3) is 0 Å². The molecule has 1 aliphatic heterocycles. The highest BCUT2D eigenvalue weighted by atomic mass is 15.0. The van der Waals surface area contributed by atoms with Gasteiger partial charge in [0.2, 0.25) is 0 Å². The summed E-state index contributed by atoms with van der Waals surface area (Å²) in [5.74, 6) is 0. The molecule has 4 heteroatoms. The van der Waals surface area contributed by atoms with Crippen molar-refractivity contribution in [1.29, 1.82) is 5.26 Å². The van der Waals surface area contributed by atoms with Gasteiger partial charge in [0.1, 0.15) is 6.07 Å². The summed E-state index contributed by atoms with van der Waals surface area (Å²) in [4.78, 5) is 4.05. The maximum Gasteiger partial charge on any atom is 0.101 e. The van der Waals surface area contributed by atoms with Gasteiger partial charge in [0.05, 0.1) is 17.4 Å². The summed E-state index contributed by atoms with van der Waals surface area (Å²) < 4.78 is 0. The number of pyridine rings is 1. The van der Waals surface area contributed by atoms with Crippen molar-refractivity contribution in [3.05, 3.63) is 24.0 Å². The van der Waals surface area contributed by atoms with E-state index in [0.717, 1.165) is 25.3 Å². The molecular formula is C13H18N4.